The van der Waals surface area contributed by atoms with Crippen molar-refractivity contribution in [1.29, 1.82) is 0 Å². The van der Waals surface area contributed by atoms with Crippen LogP contribution in [-0.4, -0.2) is 43.3 Å². The third-order valence-corrected chi connectivity index (χ3v) is 2.11. The maximum Gasteiger partial charge on any atom is 0.228 e. The highest BCUT2D eigenvalue weighted by atomic mass is 16.5. The lowest BCUT2D eigenvalue weighted by Gasteiger charge is -2.21. The number of nitrogens with two attached hydrogens (primary N) is 2. The van der Waals surface area contributed by atoms with E-state index < -0.39 is 0 Å². The van der Waals surface area contributed by atoms with Crippen LogP contribution in [0.3, 0.4) is 0 Å². The first-order chi connectivity index (χ1) is 7.71. The lowest BCUT2D eigenvalue weighted by molar-refractivity contribution is 0.396. The predicted molar refractivity (Wildman–Crippen MR) is 63.6 cm³/mol. The summed E-state index contributed by atoms with van der Waals surface area (Å²) in [6, 6.07) is 1.78. The Labute approximate surface area is 95.6 Å². The maximum atomic E-state index is 5.54. The van der Waals surface area contributed by atoms with Crippen LogP contribution in [0.15, 0.2) is 6.07 Å². The molecule has 0 aromatic carbocycles. The minimum atomic E-state index is 0.541. The molecule has 16 heavy (non-hydrogen) atoms. The lowest BCUT2D eigenvalue weighted by Crippen LogP contribution is -2.35. The van der Waals surface area contributed by atoms with E-state index in [9.17, 15) is 0 Å². The van der Waals surface area contributed by atoms with E-state index in [4.69, 9.17) is 16.2 Å². The van der Waals surface area contributed by atoms with Crippen LogP contribution in [-0.2, 0) is 0 Å². The van der Waals surface area contributed by atoms with Gasteiger partial charge in [-0.25, -0.2) is 4.98 Å². The first-order valence-electron chi connectivity index (χ1n) is 5.26. The van der Waals surface area contributed by atoms with Crippen LogP contribution in [0.25, 0.3) is 0 Å². The van der Waals surface area contributed by atoms with E-state index in [-0.39, 0.29) is 0 Å². The molecule has 6 nitrogen and oxygen atoms in total. The fourth-order valence-electron chi connectivity index (χ4n) is 1.39. The quantitative estimate of drug-likeness (QED) is 0.679. The van der Waals surface area contributed by atoms with Gasteiger partial charge in [-0.1, -0.05) is 0 Å². The number of anilines is 1. The monoisotopic (exact) mass is 225 g/mol. The van der Waals surface area contributed by atoms with Gasteiger partial charge in [0.05, 0.1) is 7.11 Å². The second-order valence-electron chi connectivity index (χ2n) is 3.42. The summed E-state index contributed by atoms with van der Waals surface area (Å²) in [4.78, 5) is 10.6. The van der Waals surface area contributed by atoms with Gasteiger partial charge in [-0.3, -0.25) is 0 Å². The molecule has 0 aliphatic rings. The third-order valence-electron chi connectivity index (χ3n) is 2.11. The van der Waals surface area contributed by atoms with Gasteiger partial charge in [0.2, 0.25) is 11.8 Å². The van der Waals surface area contributed by atoms with E-state index in [0.717, 1.165) is 5.69 Å². The second-order valence-corrected chi connectivity index (χ2v) is 3.42. The average Bonchev–Trinajstić information content (AvgIpc) is 2.28. The van der Waals surface area contributed by atoms with Crippen molar-refractivity contribution in [2.24, 2.45) is 11.5 Å². The Balaban J connectivity index is 2.93. The molecule has 0 saturated carbocycles. The smallest absolute Gasteiger partial charge is 0.228 e. The van der Waals surface area contributed by atoms with Crippen LogP contribution in [0.2, 0.25) is 0 Å². The van der Waals surface area contributed by atoms with E-state index in [2.05, 4.69) is 9.97 Å². The van der Waals surface area contributed by atoms with E-state index >= 15 is 0 Å². The number of hydrogen-bond acceptors (Lipinski definition) is 6. The molecular weight excluding hydrogens is 206 g/mol. The van der Waals surface area contributed by atoms with E-state index in [0.29, 0.717) is 38.0 Å². The van der Waals surface area contributed by atoms with Crippen LogP contribution in [0.1, 0.15) is 5.69 Å². The van der Waals surface area contributed by atoms with E-state index in [1.807, 2.05) is 11.8 Å². The zero-order chi connectivity index (χ0) is 12.0. The highest BCUT2D eigenvalue weighted by Gasteiger charge is 2.10. The normalized spacial score (nSPS) is 10.2. The number of rotatable bonds is 6. The van der Waals surface area contributed by atoms with Crippen LogP contribution >= 0.6 is 0 Å². The van der Waals surface area contributed by atoms with Gasteiger partial charge in [-0.2, -0.15) is 4.98 Å². The Hall–Kier alpha value is -1.40. The van der Waals surface area contributed by atoms with Crippen LogP contribution < -0.4 is 21.1 Å². The van der Waals surface area contributed by atoms with Gasteiger partial charge in [0.1, 0.15) is 0 Å². The summed E-state index contributed by atoms with van der Waals surface area (Å²) in [5.41, 5.74) is 11.9. The number of aromatic nitrogens is 2. The van der Waals surface area contributed by atoms with Crippen molar-refractivity contribution < 1.29 is 4.74 Å². The summed E-state index contributed by atoms with van der Waals surface area (Å²) in [6.07, 6.45) is 0. The Morgan fingerprint density at radius 2 is 1.88 bits per heavy atom. The topological polar surface area (TPSA) is 90.3 Å². The van der Waals surface area contributed by atoms with Crippen LogP contribution in [0.5, 0.6) is 5.88 Å². The van der Waals surface area contributed by atoms with Gasteiger partial charge in [-0.05, 0) is 6.92 Å². The van der Waals surface area contributed by atoms with Gasteiger partial charge in [-0.15, -0.1) is 0 Å². The largest absolute Gasteiger partial charge is 0.481 e. The molecule has 6 heteroatoms. The van der Waals surface area contributed by atoms with Gasteiger partial charge in [0.15, 0.2) is 0 Å². The summed E-state index contributed by atoms with van der Waals surface area (Å²) >= 11 is 0. The molecule has 4 N–H and O–H groups in total. The standard InChI is InChI=1S/C10H19N5O/c1-8-7-9(16-2)14-10(13-8)15(5-3-11)6-4-12/h7H,3-6,11-12H2,1-2H3. The van der Waals surface area contributed by atoms with Gasteiger partial charge >= 0.3 is 0 Å². The molecule has 0 radical (unpaired) electrons. The van der Waals surface area contributed by atoms with E-state index in [1.54, 1.807) is 13.2 Å². The third kappa shape index (κ3) is 3.32. The highest BCUT2D eigenvalue weighted by Crippen LogP contribution is 2.14. The molecule has 0 atom stereocenters. The summed E-state index contributed by atoms with van der Waals surface area (Å²) in [6.45, 7) is 4.35. The maximum absolute atomic E-state index is 5.54. The van der Waals surface area contributed by atoms with Gasteiger partial charge in [0.25, 0.3) is 0 Å². The Bertz CT molecular complexity index is 325. The minimum absolute atomic E-state index is 0.541. The van der Waals surface area contributed by atoms with Crippen molar-refractivity contribution in [2.45, 2.75) is 6.92 Å². The molecule has 0 unspecified atom stereocenters. The predicted octanol–water partition coefficient (Wildman–Crippen LogP) is -0.483. The SMILES string of the molecule is COc1cc(C)nc(N(CCN)CCN)n1. The fourth-order valence-corrected chi connectivity index (χ4v) is 1.39. The molecule has 0 fully saturated rings. The Morgan fingerprint density at radius 3 is 2.38 bits per heavy atom. The Kier molecular flexibility index (Phi) is 4.94. The van der Waals surface area contributed by atoms with Gasteiger partial charge < -0.3 is 21.1 Å². The van der Waals surface area contributed by atoms with Gasteiger partial charge in [0, 0.05) is 37.9 Å². The van der Waals surface area contributed by atoms with Crippen molar-refractivity contribution in [3.05, 3.63) is 11.8 Å². The lowest BCUT2D eigenvalue weighted by atomic mass is 10.4. The number of aryl methyl sites for hydroxylation is 1. The number of nitrogens with zero attached hydrogens (tertiary/aromatic N) is 3. The van der Waals surface area contributed by atoms with Crippen molar-refractivity contribution in [3.63, 3.8) is 0 Å². The molecule has 0 spiro atoms. The molecule has 1 heterocycles. The van der Waals surface area contributed by atoms with Crippen molar-refractivity contribution in [1.82, 2.24) is 9.97 Å². The van der Waals surface area contributed by atoms with Crippen LogP contribution in [0, 0.1) is 6.92 Å². The van der Waals surface area contributed by atoms with Crippen LogP contribution in [0.4, 0.5) is 5.95 Å². The summed E-state index contributed by atoms with van der Waals surface area (Å²) in [5, 5.41) is 0. The number of methoxy groups -OCH3 is 1. The zero-order valence-corrected chi connectivity index (χ0v) is 9.81. The average molecular weight is 225 g/mol. The minimum Gasteiger partial charge on any atom is -0.481 e. The molecule has 0 aliphatic heterocycles. The molecular formula is C10H19N5O. The van der Waals surface area contributed by atoms with Crippen molar-refractivity contribution in [2.75, 3.05) is 38.2 Å². The van der Waals surface area contributed by atoms with Crippen molar-refractivity contribution >= 4 is 5.95 Å². The van der Waals surface area contributed by atoms with E-state index in [1.165, 1.54) is 0 Å². The Morgan fingerprint density at radius 1 is 1.25 bits per heavy atom. The number of hydrogen-bond donors (Lipinski definition) is 2. The molecule has 0 amide bonds. The molecule has 0 bridgehead atoms. The molecule has 0 saturated heterocycles. The summed E-state index contributed by atoms with van der Waals surface area (Å²) < 4.78 is 5.10. The highest BCUT2D eigenvalue weighted by molar-refractivity contribution is 5.34. The zero-order valence-electron chi connectivity index (χ0n) is 9.81. The fraction of sp³-hybridized carbons (Fsp3) is 0.600. The van der Waals surface area contributed by atoms with Crippen molar-refractivity contribution in [3.8, 4) is 5.88 Å². The molecule has 1 rings (SSSR count). The molecule has 1 aromatic heterocycles. The first kappa shape index (κ1) is 12.7. The first-order valence-corrected chi connectivity index (χ1v) is 5.26. The second kappa shape index (κ2) is 6.24. The molecule has 0 aliphatic carbocycles. The molecule has 90 valence electrons. The number of ether oxygens (including phenoxy) is 1. The summed E-state index contributed by atoms with van der Waals surface area (Å²) in [7, 11) is 1.59. The molecule has 1 aromatic rings. The summed E-state index contributed by atoms with van der Waals surface area (Å²) in [5.74, 6) is 1.18.